The molecule has 1 rings (SSSR count). The summed E-state index contributed by atoms with van der Waals surface area (Å²) < 4.78 is 21.0. The van der Waals surface area contributed by atoms with E-state index in [1.165, 1.54) is 6.08 Å². The van der Waals surface area contributed by atoms with Crippen molar-refractivity contribution in [2.75, 3.05) is 0 Å². The van der Waals surface area contributed by atoms with Gasteiger partial charge in [-0.1, -0.05) is 36.4 Å². The van der Waals surface area contributed by atoms with Crippen molar-refractivity contribution in [1.82, 2.24) is 0 Å². The molecule has 0 aromatic heterocycles. The van der Waals surface area contributed by atoms with E-state index in [0.717, 1.165) is 11.6 Å². The maximum absolute atomic E-state index is 10.5. The van der Waals surface area contributed by atoms with Gasteiger partial charge in [-0.25, -0.2) is 4.79 Å². The first-order valence-corrected chi connectivity index (χ1v) is 5.11. The zero-order valence-electron chi connectivity index (χ0n) is 7.62. The van der Waals surface area contributed by atoms with Crippen molar-refractivity contribution in [3.63, 3.8) is 0 Å². The van der Waals surface area contributed by atoms with Crippen LogP contribution in [0.15, 0.2) is 36.4 Å². The van der Waals surface area contributed by atoms with Crippen LogP contribution >= 0.6 is 0 Å². The van der Waals surface area contributed by atoms with E-state index in [1.54, 1.807) is 24.3 Å². The average molecular weight is 224 g/mol. The number of rotatable bonds is 3. The normalized spacial score (nSPS) is 10.1. The Bertz CT molecular complexity index is 504. The van der Waals surface area contributed by atoms with Gasteiger partial charge >= 0.3 is 5.97 Å². The van der Waals surface area contributed by atoms with Crippen LogP contribution in [0.4, 0.5) is 0 Å². The SMILES string of the molecule is O=C(O)C(C=Cc1ccccc1)=S(=O)=O. The Balaban J connectivity index is 3.01. The van der Waals surface area contributed by atoms with Gasteiger partial charge in [0.1, 0.15) is 0 Å². The van der Waals surface area contributed by atoms with E-state index < -0.39 is 21.1 Å². The second kappa shape index (κ2) is 5.11. The van der Waals surface area contributed by atoms with Gasteiger partial charge in [0.25, 0.3) is 0 Å². The third kappa shape index (κ3) is 3.40. The number of aliphatic carboxylic acids is 1. The molecule has 0 aliphatic carbocycles. The molecule has 0 saturated carbocycles. The fourth-order valence-corrected chi connectivity index (χ4v) is 1.26. The maximum Gasteiger partial charge on any atom is 0.351 e. The van der Waals surface area contributed by atoms with E-state index in [0.29, 0.717) is 0 Å². The molecule has 0 spiro atoms. The predicted molar refractivity (Wildman–Crippen MR) is 57.0 cm³/mol. The Kier molecular flexibility index (Phi) is 3.82. The fourth-order valence-electron chi connectivity index (χ4n) is 0.934. The number of hydrogen-bond donors (Lipinski definition) is 1. The summed E-state index contributed by atoms with van der Waals surface area (Å²) in [4.78, 5) is 9.83. The van der Waals surface area contributed by atoms with Gasteiger partial charge in [0.05, 0.1) is 0 Å². The monoisotopic (exact) mass is 224 g/mol. The fraction of sp³-hybridized carbons (Fsp3) is 0. The van der Waals surface area contributed by atoms with Crippen LogP contribution in [0.1, 0.15) is 5.56 Å². The van der Waals surface area contributed by atoms with Crippen LogP contribution < -0.4 is 0 Å². The number of carboxylic acids is 1. The summed E-state index contributed by atoms with van der Waals surface area (Å²) in [5.41, 5.74) is 0.738. The summed E-state index contributed by atoms with van der Waals surface area (Å²) in [6.45, 7) is 0. The smallest absolute Gasteiger partial charge is 0.351 e. The van der Waals surface area contributed by atoms with Gasteiger partial charge in [-0.3, -0.25) is 0 Å². The largest absolute Gasteiger partial charge is 0.477 e. The highest BCUT2D eigenvalue weighted by atomic mass is 32.2. The lowest BCUT2D eigenvalue weighted by atomic mass is 10.2. The molecule has 0 aliphatic heterocycles. The van der Waals surface area contributed by atoms with E-state index in [-0.39, 0.29) is 0 Å². The summed E-state index contributed by atoms with van der Waals surface area (Å²) in [5, 5.41) is 8.54. The van der Waals surface area contributed by atoms with E-state index >= 15 is 0 Å². The minimum Gasteiger partial charge on any atom is -0.477 e. The Morgan fingerprint density at radius 1 is 1.20 bits per heavy atom. The van der Waals surface area contributed by atoms with Crippen LogP contribution in [-0.2, 0) is 15.1 Å². The van der Waals surface area contributed by atoms with Crippen molar-refractivity contribution < 1.29 is 18.3 Å². The third-order valence-corrected chi connectivity index (χ3v) is 2.29. The number of carbonyl (C=O) groups is 1. The summed E-state index contributed by atoms with van der Waals surface area (Å²) in [6.07, 6.45) is 2.49. The molecule has 78 valence electrons. The molecule has 4 nitrogen and oxygen atoms in total. The van der Waals surface area contributed by atoms with Crippen molar-refractivity contribution in [1.29, 1.82) is 0 Å². The second-order valence-corrected chi connectivity index (χ2v) is 3.56. The van der Waals surface area contributed by atoms with Gasteiger partial charge in [0.2, 0.25) is 10.3 Å². The Morgan fingerprint density at radius 2 is 1.80 bits per heavy atom. The second-order valence-electron chi connectivity index (χ2n) is 2.65. The molecular weight excluding hydrogens is 216 g/mol. The minimum absolute atomic E-state index is 0.654. The highest BCUT2D eigenvalue weighted by molar-refractivity contribution is 7.75. The Morgan fingerprint density at radius 3 is 2.27 bits per heavy atom. The first-order chi connectivity index (χ1) is 7.11. The standard InChI is InChI=1S/C10H8O4S/c11-10(12)9(15(13)14)7-6-8-4-2-1-3-5-8/h1-7H,(H,11,12). The molecule has 0 saturated heterocycles. The predicted octanol–water partition coefficient (Wildman–Crippen LogP) is 0.836. The van der Waals surface area contributed by atoms with Crippen molar-refractivity contribution in [2.24, 2.45) is 0 Å². The van der Waals surface area contributed by atoms with Gasteiger partial charge in [-0.15, -0.1) is 0 Å². The molecule has 15 heavy (non-hydrogen) atoms. The van der Waals surface area contributed by atoms with Crippen LogP contribution in [0.5, 0.6) is 0 Å². The van der Waals surface area contributed by atoms with Crippen LogP contribution in [0.25, 0.3) is 6.08 Å². The molecule has 0 amide bonds. The number of carboxylic acid groups (broad SMARTS) is 1. The Labute approximate surface area is 88.0 Å². The molecule has 0 radical (unpaired) electrons. The highest BCUT2D eigenvalue weighted by Crippen LogP contribution is 2.00. The van der Waals surface area contributed by atoms with E-state index in [4.69, 9.17) is 5.11 Å². The molecule has 0 unspecified atom stereocenters. The van der Waals surface area contributed by atoms with Crippen LogP contribution in [0, 0.1) is 0 Å². The zero-order chi connectivity index (χ0) is 11.3. The van der Waals surface area contributed by atoms with Crippen molar-refractivity contribution in [3.05, 3.63) is 42.0 Å². The molecule has 0 fully saturated rings. The molecular formula is C10H8O4S. The van der Waals surface area contributed by atoms with Crippen LogP contribution in [0.2, 0.25) is 0 Å². The van der Waals surface area contributed by atoms with Crippen molar-refractivity contribution in [3.8, 4) is 0 Å². The summed E-state index contributed by atoms with van der Waals surface area (Å²) >= 11 is 0. The first-order valence-electron chi connectivity index (χ1n) is 4.04. The molecule has 1 aromatic carbocycles. The van der Waals surface area contributed by atoms with E-state index in [1.807, 2.05) is 6.07 Å². The van der Waals surface area contributed by atoms with Crippen LogP contribution in [0.3, 0.4) is 0 Å². The summed E-state index contributed by atoms with van der Waals surface area (Å²) in [7, 11) is -2.73. The van der Waals surface area contributed by atoms with Crippen molar-refractivity contribution in [2.45, 2.75) is 0 Å². The molecule has 1 aromatic rings. The Hall–Kier alpha value is -1.88. The average Bonchev–Trinajstić information content (AvgIpc) is 2.18. The van der Waals surface area contributed by atoms with Gasteiger partial charge in [0.15, 0.2) is 4.86 Å². The lowest BCUT2D eigenvalue weighted by Gasteiger charge is -1.90. The maximum atomic E-state index is 10.5. The lowest BCUT2D eigenvalue weighted by Crippen LogP contribution is -2.10. The zero-order valence-corrected chi connectivity index (χ0v) is 8.44. The molecule has 5 heteroatoms. The summed E-state index contributed by atoms with van der Waals surface area (Å²) in [5.74, 6) is -1.46. The first kappa shape index (κ1) is 11.2. The number of hydrogen-bond acceptors (Lipinski definition) is 3. The molecule has 1 N–H and O–H groups in total. The number of benzene rings is 1. The summed E-state index contributed by atoms with van der Waals surface area (Å²) in [6, 6.07) is 8.83. The quantitative estimate of drug-likeness (QED) is 0.610. The minimum atomic E-state index is -2.73. The lowest BCUT2D eigenvalue weighted by molar-refractivity contribution is -0.129. The van der Waals surface area contributed by atoms with E-state index in [9.17, 15) is 13.2 Å². The van der Waals surface area contributed by atoms with Gasteiger partial charge in [-0.2, -0.15) is 8.42 Å². The van der Waals surface area contributed by atoms with E-state index in [2.05, 4.69) is 0 Å². The molecule has 0 bridgehead atoms. The molecule has 0 atom stereocenters. The van der Waals surface area contributed by atoms with Gasteiger partial charge in [-0.05, 0) is 11.6 Å². The molecule has 0 aliphatic rings. The third-order valence-electron chi connectivity index (χ3n) is 1.62. The van der Waals surface area contributed by atoms with Crippen LogP contribution in [-0.4, -0.2) is 24.4 Å². The van der Waals surface area contributed by atoms with Gasteiger partial charge in [0, 0.05) is 0 Å². The topological polar surface area (TPSA) is 71.4 Å². The van der Waals surface area contributed by atoms with Gasteiger partial charge < -0.3 is 5.11 Å². The van der Waals surface area contributed by atoms with Crippen molar-refractivity contribution >= 4 is 27.2 Å². The highest BCUT2D eigenvalue weighted by Gasteiger charge is 2.06. The molecule has 0 heterocycles.